The molecule has 0 amide bonds. The molecule has 2 heterocycles. The molecular weight excluding hydrogens is 282 g/mol. The Balaban J connectivity index is 2.32. The van der Waals surface area contributed by atoms with E-state index < -0.39 is 5.60 Å². The molecule has 5 heteroatoms. The topological polar surface area (TPSA) is 41.3 Å². The predicted octanol–water partition coefficient (Wildman–Crippen LogP) is 1.97. The molecule has 1 aliphatic heterocycles. The predicted molar refractivity (Wildman–Crippen MR) is 70.8 cm³/mol. The van der Waals surface area contributed by atoms with Crippen LogP contribution in [-0.4, -0.2) is 39.9 Å². The minimum atomic E-state index is -0.740. The SMILES string of the molecule is CCn1ncc(Br)c1C1(O)CCCN(C)CC1. The molecule has 0 saturated carbocycles. The van der Waals surface area contributed by atoms with E-state index in [1.54, 1.807) is 6.20 Å². The highest BCUT2D eigenvalue weighted by Crippen LogP contribution is 2.36. The van der Waals surface area contributed by atoms with Gasteiger partial charge in [0.25, 0.3) is 0 Å². The summed E-state index contributed by atoms with van der Waals surface area (Å²) in [5, 5.41) is 15.2. The summed E-state index contributed by atoms with van der Waals surface area (Å²) in [6.45, 7) is 4.83. The molecule has 0 spiro atoms. The summed E-state index contributed by atoms with van der Waals surface area (Å²) in [4.78, 5) is 2.28. The Morgan fingerprint density at radius 1 is 1.47 bits per heavy atom. The monoisotopic (exact) mass is 301 g/mol. The molecule has 1 saturated heterocycles. The third-order valence-electron chi connectivity index (χ3n) is 3.57. The van der Waals surface area contributed by atoms with E-state index in [4.69, 9.17) is 0 Å². The first-order valence-electron chi connectivity index (χ1n) is 6.19. The van der Waals surface area contributed by atoms with E-state index in [-0.39, 0.29) is 0 Å². The Morgan fingerprint density at radius 2 is 2.24 bits per heavy atom. The van der Waals surface area contributed by atoms with Crippen LogP contribution in [0.15, 0.2) is 10.7 Å². The molecule has 0 aromatic carbocycles. The van der Waals surface area contributed by atoms with E-state index in [1.807, 2.05) is 4.68 Å². The van der Waals surface area contributed by atoms with E-state index in [0.717, 1.165) is 49.1 Å². The molecule has 1 aromatic heterocycles. The summed E-state index contributed by atoms with van der Waals surface area (Å²) < 4.78 is 2.82. The fourth-order valence-corrected chi connectivity index (χ4v) is 3.22. The highest BCUT2D eigenvalue weighted by molar-refractivity contribution is 9.10. The highest BCUT2D eigenvalue weighted by atomic mass is 79.9. The first kappa shape index (κ1) is 13.1. The van der Waals surface area contributed by atoms with Gasteiger partial charge in [-0.25, -0.2) is 0 Å². The third-order valence-corrected chi connectivity index (χ3v) is 4.15. The first-order valence-corrected chi connectivity index (χ1v) is 6.99. The average molecular weight is 302 g/mol. The fraction of sp³-hybridized carbons (Fsp3) is 0.750. The van der Waals surface area contributed by atoms with Gasteiger partial charge in [-0.2, -0.15) is 5.10 Å². The number of aromatic nitrogens is 2. The number of nitrogens with zero attached hydrogens (tertiary/aromatic N) is 3. The van der Waals surface area contributed by atoms with Gasteiger partial charge in [0.05, 0.1) is 16.4 Å². The lowest BCUT2D eigenvalue weighted by molar-refractivity contribution is 0.0124. The summed E-state index contributed by atoms with van der Waals surface area (Å²) in [5.74, 6) is 0. The molecule has 0 bridgehead atoms. The van der Waals surface area contributed by atoms with Crippen molar-refractivity contribution in [3.8, 4) is 0 Å². The summed E-state index contributed by atoms with van der Waals surface area (Å²) in [6, 6.07) is 0. The van der Waals surface area contributed by atoms with Gasteiger partial charge < -0.3 is 10.0 Å². The van der Waals surface area contributed by atoms with Gasteiger partial charge in [-0.3, -0.25) is 4.68 Å². The average Bonchev–Trinajstić information content (AvgIpc) is 2.59. The molecule has 96 valence electrons. The van der Waals surface area contributed by atoms with Crippen molar-refractivity contribution in [1.82, 2.24) is 14.7 Å². The van der Waals surface area contributed by atoms with Crippen LogP contribution in [0.2, 0.25) is 0 Å². The first-order chi connectivity index (χ1) is 8.07. The van der Waals surface area contributed by atoms with E-state index in [2.05, 4.69) is 39.9 Å². The minimum Gasteiger partial charge on any atom is -0.383 e. The molecule has 4 nitrogen and oxygen atoms in total. The fourth-order valence-electron chi connectivity index (χ4n) is 2.56. The van der Waals surface area contributed by atoms with Gasteiger partial charge in [0.2, 0.25) is 0 Å². The standard InChI is InChI=1S/C12H20BrN3O/c1-3-16-11(10(13)9-14-16)12(17)5-4-7-15(2)8-6-12/h9,17H,3-8H2,1-2H3. The maximum absolute atomic E-state index is 10.9. The van der Waals surface area contributed by atoms with Crippen LogP contribution >= 0.6 is 15.9 Å². The van der Waals surface area contributed by atoms with Crippen LogP contribution in [0, 0.1) is 0 Å². The zero-order valence-corrected chi connectivity index (χ0v) is 12.1. The van der Waals surface area contributed by atoms with Crippen LogP contribution in [0.1, 0.15) is 31.9 Å². The molecule has 1 N–H and O–H groups in total. The highest BCUT2D eigenvalue weighted by Gasteiger charge is 2.36. The Morgan fingerprint density at radius 3 is 2.94 bits per heavy atom. The zero-order valence-electron chi connectivity index (χ0n) is 10.5. The van der Waals surface area contributed by atoms with Crippen molar-refractivity contribution in [3.63, 3.8) is 0 Å². The van der Waals surface area contributed by atoms with E-state index in [1.165, 1.54) is 0 Å². The van der Waals surface area contributed by atoms with Crippen molar-refractivity contribution in [2.45, 2.75) is 38.3 Å². The molecule has 1 fully saturated rings. The lowest BCUT2D eigenvalue weighted by atomic mass is 9.91. The Labute approximate surface area is 111 Å². The summed E-state index contributed by atoms with van der Waals surface area (Å²) in [7, 11) is 2.11. The third kappa shape index (κ3) is 2.56. The Kier molecular flexibility index (Phi) is 3.90. The smallest absolute Gasteiger partial charge is 0.109 e. The minimum absolute atomic E-state index is 0.740. The van der Waals surface area contributed by atoms with Gasteiger partial charge in [0.15, 0.2) is 0 Å². The van der Waals surface area contributed by atoms with Gasteiger partial charge >= 0.3 is 0 Å². The Hall–Kier alpha value is -0.390. The Bertz CT molecular complexity index is 393. The second kappa shape index (κ2) is 5.08. The number of aryl methyl sites for hydroxylation is 1. The number of halogens is 1. The van der Waals surface area contributed by atoms with Crippen molar-refractivity contribution in [1.29, 1.82) is 0 Å². The quantitative estimate of drug-likeness (QED) is 0.908. The second-order valence-corrected chi connectivity index (χ2v) is 5.70. The van der Waals surface area contributed by atoms with Crippen LogP contribution in [0.4, 0.5) is 0 Å². The lowest BCUT2D eigenvalue weighted by Gasteiger charge is -2.28. The lowest BCUT2D eigenvalue weighted by Crippen LogP contribution is -2.31. The largest absolute Gasteiger partial charge is 0.383 e. The summed E-state index contributed by atoms with van der Waals surface area (Å²) in [5.41, 5.74) is 0.200. The van der Waals surface area contributed by atoms with Crippen LogP contribution in [0.3, 0.4) is 0 Å². The molecule has 2 rings (SSSR count). The van der Waals surface area contributed by atoms with Crippen molar-refractivity contribution < 1.29 is 5.11 Å². The number of likely N-dealkylation sites (tertiary alicyclic amines) is 1. The molecule has 0 radical (unpaired) electrons. The van der Waals surface area contributed by atoms with Gasteiger partial charge in [-0.1, -0.05) is 0 Å². The van der Waals surface area contributed by atoms with Crippen molar-refractivity contribution in [2.75, 3.05) is 20.1 Å². The van der Waals surface area contributed by atoms with Crippen molar-refractivity contribution >= 4 is 15.9 Å². The normalized spacial score (nSPS) is 27.1. The zero-order chi connectivity index (χ0) is 12.5. The molecule has 1 aromatic rings. The molecule has 1 atom stereocenters. The van der Waals surface area contributed by atoms with Gasteiger partial charge in [-0.15, -0.1) is 0 Å². The van der Waals surface area contributed by atoms with Crippen LogP contribution in [-0.2, 0) is 12.1 Å². The number of aliphatic hydroxyl groups is 1. The maximum Gasteiger partial charge on any atom is 0.109 e. The molecular formula is C12H20BrN3O. The van der Waals surface area contributed by atoms with Crippen LogP contribution < -0.4 is 0 Å². The van der Waals surface area contributed by atoms with Gasteiger partial charge in [0, 0.05) is 13.1 Å². The molecule has 0 aliphatic carbocycles. The van der Waals surface area contributed by atoms with E-state index in [9.17, 15) is 5.11 Å². The number of hydrogen-bond donors (Lipinski definition) is 1. The summed E-state index contributed by atoms with van der Waals surface area (Å²) >= 11 is 3.51. The van der Waals surface area contributed by atoms with Crippen molar-refractivity contribution in [3.05, 3.63) is 16.4 Å². The van der Waals surface area contributed by atoms with E-state index >= 15 is 0 Å². The van der Waals surface area contributed by atoms with Gasteiger partial charge in [-0.05, 0) is 55.7 Å². The molecule has 1 aliphatic rings. The second-order valence-electron chi connectivity index (χ2n) is 4.85. The summed E-state index contributed by atoms with van der Waals surface area (Å²) in [6.07, 6.45) is 4.38. The van der Waals surface area contributed by atoms with Crippen LogP contribution in [0.25, 0.3) is 0 Å². The van der Waals surface area contributed by atoms with Crippen LogP contribution in [0.5, 0.6) is 0 Å². The van der Waals surface area contributed by atoms with Gasteiger partial charge in [0.1, 0.15) is 5.60 Å². The molecule has 17 heavy (non-hydrogen) atoms. The maximum atomic E-state index is 10.9. The number of hydrogen-bond acceptors (Lipinski definition) is 3. The van der Waals surface area contributed by atoms with E-state index in [0.29, 0.717) is 0 Å². The van der Waals surface area contributed by atoms with Crippen molar-refractivity contribution in [2.24, 2.45) is 0 Å². The number of rotatable bonds is 2. The molecule has 1 unspecified atom stereocenters.